The number of hydrogen-bond acceptors (Lipinski definition) is 2. The van der Waals surface area contributed by atoms with Gasteiger partial charge in [0, 0.05) is 17.1 Å². The van der Waals surface area contributed by atoms with Crippen molar-refractivity contribution in [3.63, 3.8) is 0 Å². The first-order chi connectivity index (χ1) is 10.1. The van der Waals surface area contributed by atoms with Crippen LogP contribution < -0.4 is 0 Å². The fourth-order valence-corrected chi connectivity index (χ4v) is 2.18. The lowest BCUT2D eigenvalue weighted by Crippen LogP contribution is -1.85. The minimum Gasteiger partial charge on any atom is -0.494 e. The monoisotopic (exact) mass is 286 g/mol. The van der Waals surface area contributed by atoms with E-state index < -0.39 is 11.6 Å². The molecule has 0 spiro atoms. The SMILES string of the molecule is Cc1ccc2[nH]c(O)c(C=Nc3c(F)cccc3F)c2c1. The molecule has 3 nitrogen and oxygen atoms in total. The molecule has 2 N–H and O–H groups in total. The highest BCUT2D eigenvalue weighted by atomic mass is 19.1. The molecule has 0 aliphatic heterocycles. The number of aromatic amines is 1. The van der Waals surface area contributed by atoms with Crippen LogP contribution in [-0.2, 0) is 0 Å². The van der Waals surface area contributed by atoms with Crippen molar-refractivity contribution >= 4 is 22.8 Å². The molecule has 0 aliphatic rings. The van der Waals surface area contributed by atoms with Crippen molar-refractivity contribution in [3.8, 4) is 5.88 Å². The van der Waals surface area contributed by atoms with Crippen LogP contribution in [0.3, 0.4) is 0 Å². The summed E-state index contributed by atoms with van der Waals surface area (Å²) in [6, 6.07) is 9.13. The molecular weight excluding hydrogens is 274 g/mol. The summed E-state index contributed by atoms with van der Waals surface area (Å²) in [5, 5.41) is 10.7. The lowest BCUT2D eigenvalue weighted by molar-refractivity contribution is 0.457. The first-order valence-corrected chi connectivity index (χ1v) is 6.35. The van der Waals surface area contributed by atoms with E-state index in [2.05, 4.69) is 9.98 Å². The predicted octanol–water partition coefficient (Wildman–Crippen LogP) is 4.21. The van der Waals surface area contributed by atoms with Gasteiger partial charge < -0.3 is 10.1 Å². The van der Waals surface area contributed by atoms with E-state index in [-0.39, 0.29) is 11.6 Å². The van der Waals surface area contributed by atoms with Gasteiger partial charge in [-0.25, -0.2) is 13.8 Å². The molecule has 0 saturated heterocycles. The van der Waals surface area contributed by atoms with Gasteiger partial charge in [0.25, 0.3) is 0 Å². The van der Waals surface area contributed by atoms with E-state index in [4.69, 9.17) is 0 Å². The first kappa shape index (κ1) is 13.3. The van der Waals surface area contributed by atoms with Gasteiger partial charge in [0.2, 0.25) is 0 Å². The third-order valence-corrected chi connectivity index (χ3v) is 3.23. The molecule has 3 aromatic rings. The van der Waals surface area contributed by atoms with Crippen molar-refractivity contribution < 1.29 is 13.9 Å². The second-order valence-electron chi connectivity index (χ2n) is 4.76. The Bertz CT molecular complexity index is 833. The maximum Gasteiger partial charge on any atom is 0.198 e. The lowest BCUT2D eigenvalue weighted by atomic mass is 10.1. The minimum absolute atomic E-state index is 0.0869. The molecule has 0 aliphatic carbocycles. The van der Waals surface area contributed by atoms with Gasteiger partial charge in [-0.1, -0.05) is 17.7 Å². The number of nitrogens with one attached hydrogen (secondary N) is 1. The number of benzene rings is 2. The number of fused-ring (bicyclic) bond motifs is 1. The van der Waals surface area contributed by atoms with Crippen LogP contribution in [0.2, 0.25) is 0 Å². The van der Waals surface area contributed by atoms with E-state index in [0.29, 0.717) is 5.56 Å². The van der Waals surface area contributed by atoms with Gasteiger partial charge in [-0.15, -0.1) is 0 Å². The van der Waals surface area contributed by atoms with Crippen LogP contribution in [0, 0.1) is 18.6 Å². The average molecular weight is 286 g/mol. The second kappa shape index (κ2) is 5.01. The zero-order valence-corrected chi connectivity index (χ0v) is 11.2. The summed E-state index contributed by atoms with van der Waals surface area (Å²) in [6.45, 7) is 1.92. The number of aryl methyl sites for hydroxylation is 1. The number of rotatable bonds is 2. The van der Waals surface area contributed by atoms with Crippen LogP contribution in [0.25, 0.3) is 10.9 Å². The summed E-state index contributed by atoms with van der Waals surface area (Å²) in [5.41, 5.74) is 1.76. The molecule has 1 aromatic heterocycles. The molecule has 0 fully saturated rings. The van der Waals surface area contributed by atoms with Crippen LogP contribution in [0.5, 0.6) is 5.88 Å². The molecule has 21 heavy (non-hydrogen) atoms. The molecule has 0 radical (unpaired) electrons. The molecule has 3 rings (SSSR count). The number of aromatic hydroxyl groups is 1. The molecular formula is C16H12F2N2O. The van der Waals surface area contributed by atoms with Gasteiger partial charge in [-0.05, 0) is 31.2 Å². The molecule has 0 unspecified atom stereocenters. The van der Waals surface area contributed by atoms with Gasteiger partial charge >= 0.3 is 0 Å². The van der Waals surface area contributed by atoms with Crippen molar-refractivity contribution in [2.24, 2.45) is 4.99 Å². The van der Waals surface area contributed by atoms with Gasteiger partial charge in [0.15, 0.2) is 17.5 Å². The van der Waals surface area contributed by atoms with Crippen molar-refractivity contribution in [3.05, 3.63) is 59.2 Å². The van der Waals surface area contributed by atoms with E-state index in [1.165, 1.54) is 12.3 Å². The first-order valence-electron chi connectivity index (χ1n) is 6.35. The second-order valence-corrected chi connectivity index (χ2v) is 4.76. The fraction of sp³-hybridized carbons (Fsp3) is 0.0625. The van der Waals surface area contributed by atoms with Crippen molar-refractivity contribution in [1.29, 1.82) is 0 Å². The number of para-hydroxylation sites is 1. The van der Waals surface area contributed by atoms with Crippen LogP contribution in [0.4, 0.5) is 14.5 Å². The number of halogens is 2. The lowest BCUT2D eigenvalue weighted by Gasteiger charge is -1.98. The molecule has 0 saturated carbocycles. The summed E-state index contributed by atoms with van der Waals surface area (Å²) >= 11 is 0. The molecule has 0 amide bonds. The van der Waals surface area contributed by atoms with Crippen LogP contribution in [-0.4, -0.2) is 16.3 Å². The highest BCUT2D eigenvalue weighted by Gasteiger charge is 2.10. The summed E-state index contributed by atoms with van der Waals surface area (Å²) in [7, 11) is 0. The number of H-pyrrole nitrogens is 1. The topological polar surface area (TPSA) is 48.4 Å². The highest BCUT2D eigenvalue weighted by Crippen LogP contribution is 2.28. The molecule has 1 heterocycles. The Morgan fingerprint density at radius 3 is 2.57 bits per heavy atom. The average Bonchev–Trinajstić information content (AvgIpc) is 2.74. The maximum atomic E-state index is 13.5. The zero-order chi connectivity index (χ0) is 15.0. The maximum absolute atomic E-state index is 13.5. The number of nitrogens with zero attached hydrogens (tertiary/aromatic N) is 1. The zero-order valence-electron chi connectivity index (χ0n) is 11.2. The molecule has 0 bridgehead atoms. The predicted molar refractivity (Wildman–Crippen MR) is 78.3 cm³/mol. The molecule has 2 aromatic carbocycles. The Labute approximate surface area is 119 Å². The summed E-state index contributed by atoms with van der Waals surface area (Å²) in [4.78, 5) is 6.63. The Kier molecular flexibility index (Phi) is 3.17. The van der Waals surface area contributed by atoms with E-state index in [9.17, 15) is 13.9 Å². The number of hydrogen-bond donors (Lipinski definition) is 2. The van der Waals surface area contributed by atoms with Gasteiger partial charge in [-0.3, -0.25) is 0 Å². The minimum atomic E-state index is -0.748. The van der Waals surface area contributed by atoms with Crippen molar-refractivity contribution in [1.82, 2.24) is 4.98 Å². The fourth-order valence-electron chi connectivity index (χ4n) is 2.18. The third-order valence-electron chi connectivity index (χ3n) is 3.23. The van der Waals surface area contributed by atoms with Gasteiger partial charge in [0.1, 0.15) is 5.69 Å². The van der Waals surface area contributed by atoms with Crippen molar-refractivity contribution in [2.45, 2.75) is 6.92 Å². The standard InChI is InChI=1S/C16H12F2N2O/c1-9-5-6-14-10(7-9)11(16(21)20-14)8-19-15-12(17)3-2-4-13(15)18/h2-8,20-21H,1H3. The van der Waals surface area contributed by atoms with Crippen LogP contribution in [0.1, 0.15) is 11.1 Å². The largest absolute Gasteiger partial charge is 0.494 e. The Hall–Kier alpha value is -2.69. The highest BCUT2D eigenvalue weighted by molar-refractivity contribution is 6.02. The van der Waals surface area contributed by atoms with E-state index in [1.54, 1.807) is 0 Å². The van der Waals surface area contributed by atoms with E-state index in [1.807, 2.05) is 25.1 Å². The molecule has 0 atom stereocenters. The third kappa shape index (κ3) is 2.38. The summed E-state index contributed by atoms with van der Waals surface area (Å²) < 4.78 is 27.1. The summed E-state index contributed by atoms with van der Waals surface area (Å²) in [5.74, 6) is -1.58. The van der Waals surface area contributed by atoms with Crippen LogP contribution >= 0.6 is 0 Å². The molecule has 106 valence electrons. The van der Waals surface area contributed by atoms with E-state index in [0.717, 1.165) is 28.6 Å². The van der Waals surface area contributed by atoms with Crippen molar-refractivity contribution in [2.75, 3.05) is 0 Å². The Morgan fingerprint density at radius 1 is 1.14 bits per heavy atom. The van der Waals surface area contributed by atoms with Gasteiger partial charge in [-0.2, -0.15) is 0 Å². The molecule has 5 heteroatoms. The Morgan fingerprint density at radius 2 is 1.86 bits per heavy atom. The number of aliphatic imine (C=N–C) groups is 1. The quantitative estimate of drug-likeness (QED) is 0.681. The normalized spacial score (nSPS) is 11.6. The number of aromatic nitrogens is 1. The Balaban J connectivity index is 2.11. The van der Waals surface area contributed by atoms with Crippen LogP contribution in [0.15, 0.2) is 41.4 Å². The smallest absolute Gasteiger partial charge is 0.198 e. The summed E-state index contributed by atoms with van der Waals surface area (Å²) in [6.07, 6.45) is 1.26. The van der Waals surface area contributed by atoms with Gasteiger partial charge in [0.05, 0.1) is 5.56 Å². The van der Waals surface area contributed by atoms with E-state index >= 15 is 0 Å².